The second kappa shape index (κ2) is 15.0. The lowest BCUT2D eigenvalue weighted by molar-refractivity contribution is -0.148. The highest BCUT2D eigenvalue weighted by atomic mass is 16.5. The van der Waals surface area contributed by atoms with Crippen LogP contribution in [0.5, 0.6) is 0 Å². The molecule has 1 atom stereocenters. The van der Waals surface area contributed by atoms with Gasteiger partial charge in [0.05, 0.1) is 6.61 Å². The molecule has 1 aliphatic rings. The highest BCUT2D eigenvalue weighted by Gasteiger charge is 2.24. The molecule has 152 valence electrons. The minimum Gasteiger partial charge on any atom is -0.466 e. The predicted octanol–water partition coefficient (Wildman–Crippen LogP) is 4.48. The summed E-state index contributed by atoms with van der Waals surface area (Å²) in [4.78, 5) is 25.6. The molecule has 1 heterocycles. The van der Waals surface area contributed by atoms with E-state index in [1.807, 2.05) is 6.92 Å². The van der Waals surface area contributed by atoms with E-state index in [1.54, 1.807) is 0 Å². The van der Waals surface area contributed by atoms with Crippen LogP contribution in [0, 0.1) is 0 Å². The number of ether oxygens (including phenoxy) is 2. The molecule has 0 radical (unpaired) electrons. The lowest BCUT2D eigenvalue weighted by Gasteiger charge is -2.16. The Morgan fingerprint density at radius 2 is 1.65 bits per heavy atom. The fourth-order valence-corrected chi connectivity index (χ4v) is 3.29. The Kier molecular flexibility index (Phi) is 13.2. The third-order valence-electron chi connectivity index (χ3n) is 4.85. The van der Waals surface area contributed by atoms with Crippen molar-refractivity contribution in [3.8, 4) is 0 Å². The van der Waals surface area contributed by atoms with Crippen LogP contribution >= 0.6 is 0 Å². The Bertz CT molecular complexity index is 386. The van der Waals surface area contributed by atoms with Crippen molar-refractivity contribution in [3.63, 3.8) is 0 Å². The van der Waals surface area contributed by atoms with Gasteiger partial charge in [0.15, 0.2) is 0 Å². The molecule has 1 unspecified atom stereocenters. The number of unbranched alkanes of at least 4 members (excludes halogenated alkanes) is 6. The van der Waals surface area contributed by atoms with Crippen molar-refractivity contribution in [2.45, 2.75) is 97.0 Å². The van der Waals surface area contributed by atoms with Crippen molar-refractivity contribution in [1.29, 1.82) is 0 Å². The molecule has 0 aliphatic carbocycles. The quantitative estimate of drug-likeness (QED) is 0.315. The van der Waals surface area contributed by atoms with Gasteiger partial charge in [-0.3, -0.25) is 14.5 Å². The second-order valence-electron chi connectivity index (χ2n) is 7.40. The molecule has 1 fully saturated rings. The molecule has 0 bridgehead atoms. The maximum Gasteiger partial charge on any atom is 0.306 e. The van der Waals surface area contributed by atoms with E-state index in [0.717, 1.165) is 64.6 Å². The van der Waals surface area contributed by atoms with Gasteiger partial charge in [0, 0.05) is 25.9 Å². The third-order valence-corrected chi connectivity index (χ3v) is 4.85. The van der Waals surface area contributed by atoms with Crippen LogP contribution in [0.4, 0.5) is 0 Å². The van der Waals surface area contributed by atoms with Gasteiger partial charge in [-0.05, 0) is 38.6 Å². The SMILES string of the molecule is CCCCCCCOC(=O)CCCCCN1CCC(OC(=O)CCC)C1. The van der Waals surface area contributed by atoms with Crippen LogP contribution in [0.15, 0.2) is 0 Å². The van der Waals surface area contributed by atoms with E-state index in [0.29, 0.717) is 19.4 Å². The Morgan fingerprint density at radius 3 is 2.42 bits per heavy atom. The van der Waals surface area contributed by atoms with Crippen molar-refractivity contribution in [3.05, 3.63) is 0 Å². The topological polar surface area (TPSA) is 55.8 Å². The normalized spacial score (nSPS) is 17.4. The van der Waals surface area contributed by atoms with E-state index in [1.165, 1.54) is 19.3 Å². The Labute approximate surface area is 159 Å². The first-order valence-electron chi connectivity index (χ1n) is 10.7. The molecule has 1 aliphatic heterocycles. The minimum atomic E-state index is -0.0665. The first kappa shape index (κ1) is 22.9. The number of esters is 2. The number of likely N-dealkylation sites (tertiary alicyclic amines) is 1. The summed E-state index contributed by atoms with van der Waals surface area (Å²) in [6, 6.07) is 0. The molecule has 0 aromatic rings. The van der Waals surface area contributed by atoms with Gasteiger partial charge < -0.3 is 9.47 Å². The zero-order valence-corrected chi connectivity index (χ0v) is 17.0. The van der Waals surface area contributed by atoms with Gasteiger partial charge in [0.25, 0.3) is 0 Å². The molecule has 0 spiro atoms. The van der Waals surface area contributed by atoms with E-state index in [9.17, 15) is 9.59 Å². The summed E-state index contributed by atoms with van der Waals surface area (Å²) in [6.45, 7) is 7.65. The Morgan fingerprint density at radius 1 is 0.885 bits per heavy atom. The number of hydrogen-bond acceptors (Lipinski definition) is 5. The maximum absolute atomic E-state index is 11.7. The summed E-state index contributed by atoms with van der Waals surface area (Å²) < 4.78 is 10.7. The molecule has 0 aromatic heterocycles. The van der Waals surface area contributed by atoms with Crippen LogP contribution in [0.2, 0.25) is 0 Å². The van der Waals surface area contributed by atoms with Gasteiger partial charge in [-0.2, -0.15) is 0 Å². The van der Waals surface area contributed by atoms with Crippen molar-refractivity contribution in [1.82, 2.24) is 4.90 Å². The minimum absolute atomic E-state index is 0.0513. The predicted molar refractivity (Wildman–Crippen MR) is 104 cm³/mol. The molecule has 5 heteroatoms. The van der Waals surface area contributed by atoms with Gasteiger partial charge in [-0.1, -0.05) is 46.0 Å². The van der Waals surface area contributed by atoms with Crippen LogP contribution in [-0.4, -0.2) is 49.2 Å². The van der Waals surface area contributed by atoms with Crippen LogP contribution < -0.4 is 0 Å². The molecule has 0 N–H and O–H groups in total. The standard InChI is InChI=1S/C21H39NO4/c1-3-5-6-7-11-17-25-20(23)13-9-8-10-15-22-16-14-19(18-22)26-21(24)12-4-2/h19H,3-18H2,1-2H3. The van der Waals surface area contributed by atoms with Gasteiger partial charge in [-0.25, -0.2) is 0 Å². The summed E-state index contributed by atoms with van der Waals surface area (Å²) in [5.74, 6) is -0.118. The van der Waals surface area contributed by atoms with Crippen molar-refractivity contribution in [2.24, 2.45) is 0 Å². The number of nitrogens with zero attached hydrogens (tertiary/aromatic N) is 1. The Balaban J connectivity index is 1.92. The fourth-order valence-electron chi connectivity index (χ4n) is 3.29. The lowest BCUT2D eigenvalue weighted by Crippen LogP contribution is -2.25. The molecule has 0 amide bonds. The van der Waals surface area contributed by atoms with Gasteiger partial charge in [0.2, 0.25) is 0 Å². The van der Waals surface area contributed by atoms with Crippen LogP contribution in [0.3, 0.4) is 0 Å². The summed E-state index contributed by atoms with van der Waals surface area (Å²) in [6.07, 6.45) is 11.8. The molecule has 26 heavy (non-hydrogen) atoms. The highest BCUT2D eigenvalue weighted by molar-refractivity contribution is 5.69. The van der Waals surface area contributed by atoms with E-state index in [-0.39, 0.29) is 18.0 Å². The number of rotatable bonds is 15. The molecule has 5 nitrogen and oxygen atoms in total. The number of carbonyl (C=O) groups is 2. The zero-order chi connectivity index (χ0) is 19.0. The van der Waals surface area contributed by atoms with Crippen LogP contribution in [0.25, 0.3) is 0 Å². The van der Waals surface area contributed by atoms with Gasteiger partial charge >= 0.3 is 11.9 Å². The van der Waals surface area contributed by atoms with Crippen LogP contribution in [-0.2, 0) is 19.1 Å². The highest BCUT2D eigenvalue weighted by Crippen LogP contribution is 2.15. The third kappa shape index (κ3) is 11.5. The van der Waals surface area contributed by atoms with Gasteiger partial charge in [0.1, 0.15) is 6.10 Å². The van der Waals surface area contributed by atoms with E-state index in [4.69, 9.17) is 9.47 Å². The smallest absolute Gasteiger partial charge is 0.306 e. The molecule has 1 saturated heterocycles. The summed E-state index contributed by atoms with van der Waals surface area (Å²) in [5, 5.41) is 0. The van der Waals surface area contributed by atoms with E-state index >= 15 is 0 Å². The Hall–Kier alpha value is -1.10. The van der Waals surface area contributed by atoms with Crippen molar-refractivity contribution < 1.29 is 19.1 Å². The first-order chi connectivity index (χ1) is 12.7. The molecule has 0 aromatic carbocycles. The van der Waals surface area contributed by atoms with Crippen molar-refractivity contribution in [2.75, 3.05) is 26.2 Å². The van der Waals surface area contributed by atoms with Crippen molar-refractivity contribution >= 4 is 11.9 Å². The average molecular weight is 370 g/mol. The van der Waals surface area contributed by atoms with Gasteiger partial charge in [-0.15, -0.1) is 0 Å². The molecule has 1 rings (SSSR count). The fraction of sp³-hybridized carbons (Fsp3) is 0.905. The monoisotopic (exact) mass is 369 g/mol. The lowest BCUT2D eigenvalue weighted by atomic mass is 10.1. The number of carbonyl (C=O) groups excluding carboxylic acids is 2. The number of hydrogen-bond donors (Lipinski definition) is 0. The van der Waals surface area contributed by atoms with E-state index in [2.05, 4.69) is 11.8 Å². The largest absolute Gasteiger partial charge is 0.466 e. The molecular formula is C21H39NO4. The summed E-state index contributed by atoms with van der Waals surface area (Å²) in [5.41, 5.74) is 0. The average Bonchev–Trinajstić information content (AvgIpc) is 3.05. The molecule has 0 saturated carbocycles. The van der Waals surface area contributed by atoms with Crippen LogP contribution in [0.1, 0.15) is 90.9 Å². The summed E-state index contributed by atoms with van der Waals surface area (Å²) in [7, 11) is 0. The first-order valence-corrected chi connectivity index (χ1v) is 10.7. The zero-order valence-electron chi connectivity index (χ0n) is 17.0. The maximum atomic E-state index is 11.7. The van der Waals surface area contributed by atoms with E-state index < -0.39 is 0 Å². The molecular weight excluding hydrogens is 330 g/mol. The second-order valence-corrected chi connectivity index (χ2v) is 7.40. The summed E-state index contributed by atoms with van der Waals surface area (Å²) >= 11 is 0.